The largest absolute Gasteiger partial charge is 0.494 e. The molecule has 7 nitrogen and oxygen atoms in total. The van der Waals surface area contributed by atoms with Crippen molar-refractivity contribution in [3.63, 3.8) is 0 Å². The maximum absolute atomic E-state index is 12.4. The van der Waals surface area contributed by atoms with Crippen molar-refractivity contribution < 1.29 is 9.53 Å². The van der Waals surface area contributed by atoms with Crippen molar-refractivity contribution in [2.45, 2.75) is 25.9 Å². The van der Waals surface area contributed by atoms with Crippen molar-refractivity contribution >= 4 is 23.9 Å². The average molecular weight is 486 g/mol. The van der Waals surface area contributed by atoms with E-state index >= 15 is 0 Å². The highest BCUT2D eigenvalue weighted by Crippen LogP contribution is 2.28. The third-order valence-corrected chi connectivity index (χ3v) is 6.09. The molecule has 0 unspecified atom stereocenters. The Bertz CT molecular complexity index is 1300. The second-order valence-electron chi connectivity index (χ2n) is 7.93. The summed E-state index contributed by atoms with van der Waals surface area (Å²) in [7, 11) is 0. The number of ether oxygens (including phenoxy) is 1. The lowest BCUT2D eigenvalue weighted by Crippen LogP contribution is -2.20. The van der Waals surface area contributed by atoms with Crippen LogP contribution in [-0.4, -0.2) is 39.2 Å². The van der Waals surface area contributed by atoms with Crippen LogP contribution < -0.4 is 10.2 Å². The fourth-order valence-electron chi connectivity index (χ4n) is 3.34. The number of rotatable bonds is 9. The number of nitrogens with one attached hydrogen (secondary N) is 1. The van der Waals surface area contributed by atoms with Gasteiger partial charge in [-0.2, -0.15) is 5.10 Å². The van der Waals surface area contributed by atoms with Crippen LogP contribution in [0.15, 0.2) is 83.1 Å². The first-order valence-electron chi connectivity index (χ1n) is 11.3. The monoisotopic (exact) mass is 485 g/mol. The summed E-state index contributed by atoms with van der Waals surface area (Å²) < 4.78 is 7.41. The van der Waals surface area contributed by atoms with Gasteiger partial charge in [0.15, 0.2) is 11.0 Å². The zero-order valence-corrected chi connectivity index (χ0v) is 20.7. The topological polar surface area (TPSA) is 81.4 Å². The van der Waals surface area contributed by atoms with Crippen LogP contribution in [0.25, 0.3) is 17.1 Å². The number of carbonyl (C=O) groups excluding carboxylic acids is 1. The lowest BCUT2D eigenvalue weighted by Gasteiger charge is -2.11. The molecule has 0 aliphatic rings. The van der Waals surface area contributed by atoms with E-state index in [1.807, 2.05) is 98.1 Å². The summed E-state index contributed by atoms with van der Waals surface area (Å²) in [6.07, 6.45) is 1.60. The molecule has 0 saturated carbocycles. The Morgan fingerprint density at radius 1 is 0.971 bits per heavy atom. The minimum atomic E-state index is -0.229. The van der Waals surface area contributed by atoms with Gasteiger partial charge in [-0.05, 0) is 62.7 Å². The molecule has 0 aliphatic heterocycles. The Kier molecular flexibility index (Phi) is 7.95. The minimum Gasteiger partial charge on any atom is -0.494 e. The Labute approximate surface area is 209 Å². The van der Waals surface area contributed by atoms with Gasteiger partial charge in [0.05, 0.1) is 18.6 Å². The molecule has 1 amide bonds. The molecule has 1 N–H and O–H groups in total. The number of nitrogens with zero attached hydrogens (tertiary/aromatic N) is 4. The smallest absolute Gasteiger partial charge is 0.250 e. The number of thioether (sulfide) groups is 1. The normalized spacial score (nSPS) is 11.1. The van der Waals surface area contributed by atoms with Crippen LogP contribution in [-0.2, 0) is 4.79 Å². The second kappa shape index (κ2) is 11.5. The quantitative estimate of drug-likeness (QED) is 0.200. The molecule has 0 fully saturated rings. The summed E-state index contributed by atoms with van der Waals surface area (Å²) in [5.41, 5.74) is 7.67. The summed E-state index contributed by atoms with van der Waals surface area (Å²) in [5.74, 6) is 1.45. The van der Waals surface area contributed by atoms with Crippen LogP contribution in [0.4, 0.5) is 0 Å². The van der Waals surface area contributed by atoms with Crippen LogP contribution in [0, 0.1) is 13.8 Å². The van der Waals surface area contributed by atoms with Crippen LogP contribution in [0.2, 0.25) is 0 Å². The Morgan fingerprint density at radius 2 is 1.63 bits per heavy atom. The van der Waals surface area contributed by atoms with E-state index in [0.717, 1.165) is 34.0 Å². The number of benzene rings is 3. The standard InChI is InChI=1S/C27H27N5O2S/c1-4-34-24-15-9-21(10-16-24)17-28-29-25(33)18-35-27-31-30-26(22-11-5-19(2)6-12-22)32(27)23-13-7-20(3)8-14-23/h5-17H,4,18H2,1-3H3,(H,29,33)/b28-17+. The molecule has 0 spiro atoms. The zero-order chi connectivity index (χ0) is 24.6. The molecule has 1 heterocycles. The number of aromatic nitrogens is 3. The van der Waals surface area contributed by atoms with Gasteiger partial charge in [-0.25, -0.2) is 5.43 Å². The first-order valence-corrected chi connectivity index (χ1v) is 12.3. The van der Waals surface area contributed by atoms with E-state index in [4.69, 9.17) is 4.74 Å². The predicted molar refractivity (Wildman–Crippen MR) is 140 cm³/mol. The summed E-state index contributed by atoms with van der Waals surface area (Å²) in [6, 6.07) is 23.8. The van der Waals surface area contributed by atoms with E-state index in [1.54, 1.807) is 6.21 Å². The highest BCUT2D eigenvalue weighted by molar-refractivity contribution is 7.99. The van der Waals surface area contributed by atoms with Gasteiger partial charge in [0.25, 0.3) is 5.91 Å². The maximum Gasteiger partial charge on any atom is 0.250 e. The average Bonchev–Trinajstić information content (AvgIpc) is 3.29. The highest BCUT2D eigenvalue weighted by Gasteiger charge is 2.17. The number of aryl methyl sites for hydroxylation is 2. The summed E-state index contributed by atoms with van der Waals surface area (Å²) in [4.78, 5) is 12.4. The molecule has 35 heavy (non-hydrogen) atoms. The Morgan fingerprint density at radius 3 is 2.29 bits per heavy atom. The number of hydrogen-bond donors (Lipinski definition) is 1. The van der Waals surface area contributed by atoms with Crippen molar-refractivity contribution in [1.29, 1.82) is 0 Å². The molecule has 4 aromatic rings. The molecule has 0 atom stereocenters. The van der Waals surface area contributed by atoms with Gasteiger partial charge in [0.2, 0.25) is 0 Å². The maximum atomic E-state index is 12.4. The SMILES string of the molecule is CCOc1ccc(/C=N/NC(=O)CSc2nnc(-c3ccc(C)cc3)n2-c2ccc(C)cc2)cc1. The van der Waals surface area contributed by atoms with E-state index in [-0.39, 0.29) is 11.7 Å². The molecule has 0 saturated heterocycles. The Hall–Kier alpha value is -3.91. The Balaban J connectivity index is 1.46. The van der Waals surface area contributed by atoms with Crippen molar-refractivity contribution in [3.8, 4) is 22.8 Å². The third kappa shape index (κ3) is 6.36. The van der Waals surface area contributed by atoms with Gasteiger partial charge in [-0.15, -0.1) is 10.2 Å². The number of hydrazone groups is 1. The van der Waals surface area contributed by atoms with Gasteiger partial charge >= 0.3 is 0 Å². The van der Waals surface area contributed by atoms with Gasteiger partial charge in [0, 0.05) is 11.3 Å². The molecule has 4 rings (SSSR count). The highest BCUT2D eigenvalue weighted by atomic mass is 32.2. The lowest BCUT2D eigenvalue weighted by atomic mass is 10.1. The molecule has 3 aromatic carbocycles. The van der Waals surface area contributed by atoms with Crippen LogP contribution in [0.3, 0.4) is 0 Å². The number of hydrogen-bond acceptors (Lipinski definition) is 6. The zero-order valence-electron chi connectivity index (χ0n) is 19.9. The van der Waals surface area contributed by atoms with Crippen LogP contribution in [0.5, 0.6) is 5.75 Å². The molecule has 8 heteroatoms. The summed E-state index contributed by atoms with van der Waals surface area (Å²) >= 11 is 1.31. The molecular weight excluding hydrogens is 458 g/mol. The van der Waals surface area contributed by atoms with E-state index in [1.165, 1.54) is 17.3 Å². The van der Waals surface area contributed by atoms with Gasteiger partial charge < -0.3 is 4.74 Å². The molecule has 0 bridgehead atoms. The first kappa shape index (κ1) is 24.2. The van der Waals surface area contributed by atoms with Crippen molar-refractivity contribution in [2.75, 3.05) is 12.4 Å². The summed E-state index contributed by atoms with van der Waals surface area (Å²) in [6.45, 7) is 6.65. The second-order valence-corrected chi connectivity index (χ2v) is 8.87. The van der Waals surface area contributed by atoms with E-state index in [2.05, 4.69) is 20.7 Å². The molecule has 0 radical (unpaired) electrons. The third-order valence-electron chi connectivity index (χ3n) is 5.16. The molecule has 0 aliphatic carbocycles. The predicted octanol–water partition coefficient (Wildman–Crippen LogP) is 5.19. The van der Waals surface area contributed by atoms with E-state index in [0.29, 0.717) is 11.8 Å². The van der Waals surface area contributed by atoms with Gasteiger partial charge in [-0.1, -0.05) is 59.3 Å². The fraction of sp³-hybridized carbons (Fsp3) is 0.185. The van der Waals surface area contributed by atoms with Crippen molar-refractivity contribution in [3.05, 3.63) is 89.5 Å². The number of carbonyl (C=O) groups is 1. The molecular formula is C27H27N5O2S. The van der Waals surface area contributed by atoms with E-state index < -0.39 is 0 Å². The minimum absolute atomic E-state index is 0.151. The molecule has 178 valence electrons. The van der Waals surface area contributed by atoms with Crippen LogP contribution in [0.1, 0.15) is 23.6 Å². The first-order chi connectivity index (χ1) is 17.0. The summed E-state index contributed by atoms with van der Waals surface area (Å²) in [5, 5.41) is 13.5. The van der Waals surface area contributed by atoms with Gasteiger partial charge in [0.1, 0.15) is 5.75 Å². The van der Waals surface area contributed by atoms with Gasteiger partial charge in [-0.3, -0.25) is 9.36 Å². The molecule has 1 aromatic heterocycles. The van der Waals surface area contributed by atoms with Crippen LogP contribution >= 0.6 is 11.8 Å². The van der Waals surface area contributed by atoms with Crippen molar-refractivity contribution in [1.82, 2.24) is 20.2 Å². The lowest BCUT2D eigenvalue weighted by molar-refractivity contribution is -0.118. The van der Waals surface area contributed by atoms with Crippen molar-refractivity contribution in [2.24, 2.45) is 5.10 Å². The van der Waals surface area contributed by atoms with E-state index in [9.17, 15) is 4.79 Å². The number of amides is 1. The fourth-order valence-corrected chi connectivity index (χ4v) is 4.08.